The number of carbonyl (C=O) groups excluding carboxylic acids is 1. The molecular weight excluding hydrogens is 386 g/mol. The highest BCUT2D eigenvalue weighted by molar-refractivity contribution is 5.93. The van der Waals surface area contributed by atoms with Crippen LogP contribution < -0.4 is 10.5 Å². The van der Waals surface area contributed by atoms with Gasteiger partial charge in [0.1, 0.15) is 16.7 Å². The molecule has 160 valence electrons. The van der Waals surface area contributed by atoms with Gasteiger partial charge in [-0.05, 0) is 50.5 Å². The lowest BCUT2D eigenvalue weighted by molar-refractivity contribution is 0.0258. The Labute approximate surface area is 174 Å². The zero-order valence-corrected chi connectivity index (χ0v) is 17.8. The Balaban J connectivity index is 1.48. The third kappa shape index (κ3) is 4.05. The Morgan fingerprint density at radius 1 is 1.27 bits per heavy atom. The van der Waals surface area contributed by atoms with Crippen LogP contribution in [0.15, 0.2) is 22.9 Å². The van der Waals surface area contributed by atoms with Crippen molar-refractivity contribution >= 4 is 22.9 Å². The van der Waals surface area contributed by atoms with E-state index in [4.69, 9.17) is 24.8 Å². The molecule has 1 aliphatic rings. The number of rotatable bonds is 3. The summed E-state index contributed by atoms with van der Waals surface area (Å²) in [5.74, 6) is 0.941. The maximum absolute atomic E-state index is 12.4. The molecular formula is C21H27N5O4. The number of hydrogen-bond donors (Lipinski definition) is 1. The van der Waals surface area contributed by atoms with Crippen molar-refractivity contribution in [2.24, 2.45) is 0 Å². The van der Waals surface area contributed by atoms with Crippen molar-refractivity contribution in [3.05, 3.63) is 35.2 Å². The first kappa shape index (κ1) is 20.1. The van der Waals surface area contributed by atoms with E-state index in [9.17, 15) is 4.79 Å². The molecule has 1 amide bonds. The van der Waals surface area contributed by atoms with E-state index in [0.717, 1.165) is 23.2 Å². The summed E-state index contributed by atoms with van der Waals surface area (Å²) in [6, 6.07) is 3.82. The van der Waals surface area contributed by atoms with Crippen molar-refractivity contribution in [1.82, 2.24) is 19.8 Å². The highest BCUT2D eigenvalue weighted by Crippen LogP contribution is 2.32. The van der Waals surface area contributed by atoms with Crippen LogP contribution >= 0.6 is 0 Å². The number of anilines is 1. The molecule has 0 fully saturated rings. The van der Waals surface area contributed by atoms with Crippen LogP contribution in [0.1, 0.15) is 37.6 Å². The first-order chi connectivity index (χ1) is 14.2. The molecule has 4 rings (SSSR count). The average Bonchev–Trinajstić information content (AvgIpc) is 3.16. The molecule has 0 saturated carbocycles. The molecule has 9 nitrogen and oxygen atoms in total. The van der Waals surface area contributed by atoms with Crippen molar-refractivity contribution in [1.29, 1.82) is 0 Å². The van der Waals surface area contributed by atoms with Gasteiger partial charge in [-0.1, -0.05) is 5.16 Å². The minimum absolute atomic E-state index is 0.271. The van der Waals surface area contributed by atoms with Crippen LogP contribution in [-0.4, -0.2) is 51.7 Å². The maximum Gasteiger partial charge on any atom is 0.410 e. The average molecular weight is 413 g/mol. The molecule has 1 aliphatic heterocycles. The van der Waals surface area contributed by atoms with Gasteiger partial charge in [0.2, 0.25) is 0 Å². The van der Waals surface area contributed by atoms with Crippen molar-refractivity contribution in [2.45, 2.75) is 45.8 Å². The molecule has 0 spiro atoms. The Morgan fingerprint density at radius 2 is 2.03 bits per heavy atom. The molecule has 30 heavy (non-hydrogen) atoms. The lowest BCUT2D eigenvalue weighted by atomic mass is 10.1. The molecule has 0 saturated heterocycles. The fourth-order valence-electron chi connectivity index (χ4n) is 3.67. The number of benzene rings is 1. The van der Waals surface area contributed by atoms with E-state index in [1.807, 2.05) is 43.8 Å². The number of methoxy groups -OCH3 is 1. The number of nitrogen functional groups attached to an aromatic ring is 1. The van der Waals surface area contributed by atoms with Gasteiger partial charge in [-0.2, -0.15) is 5.10 Å². The number of nitrogens with zero attached hydrogens (tertiary/aromatic N) is 4. The molecule has 3 aromatic rings. The summed E-state index contributed by atoms with van der Waals surface area (Å²) in [4.78, 5) is 14.1. The summed E-state index contributed by atoms with van der Waals surface area (Å²) in [5, 5.41) is 9.24. The van der Waals surface area contributed by atoms with Gasteiger partial charge < -0.3 is 24.6 Å². The zero-order chi connectivity index (χ0) is 21.5. The number of amides is 1. The fraction of sp³-hybridized carbons (Fsp3) is 0.476. The molecule has 0 radical (unpaired) electrons. The van der Waals surface area contributed by atoms with Crippen molar-refractivity contribution in [3.63, 3.8) is 0 Å². The predicted molar refractivity (Wildman–Crippen MR) is 112 cm³/mol. The highest BCUT2D eigenvalue weighted by atomic mass is 16.6. The normalized spacial score (nSPS) is 14.5. The first-order valence-electron chi connectivity index (χ1n) is 9.98. The molecule has 2 N–H and O–H groups in total. The van der Waals surface area contributed by atoms with E-state index in [0.29, 0.717) is 48.6 Å². The summed E-state index contributed by atoms with van der Waals surface area (Å²) < 4.78 is 18.2. The SMILES string of the molecule is COc1cc(Cn2cc3c(n2)CCN(C(=O)OC(C)(C)C)CC3)cc2onc(N)c12. The molecule has 1 aromatic carbocycles. The monoisotopic (exact) mass is 413 g/mol. The lowest BCUT2D eigenvalue weighted by Gasteiger charge is -2.26. The molecule has 0 bridgehead atoms. The van der Waals surface area contributed by atoms with E-state index in [1.54, 1.807) is 12.0 Å². The van der Waals surface area contributed by atoms with Gasteiger partial charge in [0.15, 0.2) is 11.4 Å². The Bertz CT molecular complexity index is 1050. The van der Waals surface area contributed by atoms with Crippen LogP contribution in [-0.2, 0) is 24.1 Å². The van der Waals surface area contributed by atoms with Crippen LogP contribution in [0.3, 0.4) is 0 Å². The van der Waals surface area contributed by atoms with E-state index in [2.05, 4.69) is 5.16 Å². The second-order valence-corrected chi connectivity index (χ2v) is 8.51. The predicted octanol–water partition coefficient (Wildman–Crippen LogP) is 3.00. The maximum atomic E-state index is 12.4. The summed E-state index contributed by atoms with van der Waals surface area (Å²) in [6.45, 7) is 7.40. The van der Waals surface area contributed by atoms with Crippen LogP contribution in [0, 0.1) is 0 Å². The molecule has 2 aromatic heterocycles. The van der Waals surface area contributed by atoms with Gasteiger partial charge >= 0.3 is 6.09 Å². The smallest absolute Gasteiger partial charge is 0.410 e. The fourth-order valence-corrected chi connectivity index (χ4v) is 3.67. The van der Waals surface area contributed by atoms with Crippen LogP contribution in [0.25, 0.3) is 11.0 Å². The third-order valence-electron chi connectivity index (χ3n) is 5.03. The Hall–Kier alpha value is -3.23. The number of carbonyl (C=O) groups is 1. The molecule has 0 aliphatic carbocycles. The van der Waals surface area contributed by atoms with Crippen molar-refractivity contribution in [2.75, 3.05) is 25.9 Å². The van der Waals surface area contributed by atoms with Gasteiger partial charge in [-0.3, -0.25) is 4.68 Å². The Morgan fingerprint density at radius 3 is 2.77 bits per heavy atom. The first-order valence-corrected chi connectivity index (χ1v) is 9.98. The van der Waals surface area contributed by atoms with E-state index in [-0.39, 0.29) is 6.09 Å². The van der Waals surface area contributed by atoms with Crippen LogP contribution in [0.2, 0.25) is 0 Å². The lowest BCUT2D eigenvalue weighted by Crippen LogP contribution is -2.38. The van der Waals surface area contributed by atoms with Gasteiger partial charge in [0.25, 0.3) is 0 Å². The van der Waals surface area contributed by atoms with Gasteiger partial charge in [-0.25, -0.2) is 4.79 Å². The summed E-state index contributed by atoms with van der Waals surface area (Å²) >= 11 is 0. The second kappa shape index (κ2) is 7.55. The number of hydrogen-bond acceptors (Lipinski definition) is 7. The van der Waals surface area contributed by atoms with Gasteiger partial charge in [0, 0.05) is 25.7 Å². The number of fused-ring (bicyclic) bond motifs is 2. The van der Waals surface area contributed by atoms with E-state index < -0.39 is 5.60 Å². The van der Waals surface area contributed by atoms with Crippen LogP contribution in [0.4, 0.5) is 10.6 Å². The quantitative estimate of drug-likeness (QED) is 0.703. The zero-order valence-electron chi connectivity index (χ0n) is 17.8. The topological polar surface area (TPSA) is 109 Å². The Kier molecular flexibility index (Phi) is 5.05. The van der Waals surface area contributed by atoms with Gasteiger partial charge in [-0.15, -0.1) is 0 Å². The molecule has 9 heteroatoms. The van der Waals surface area contributed by atoms with E-state index in [1.165, 1.54) is 0 Å². The standard InChI is InChI=1S/C21H27N5O4/c1-21(2,3)29-20(27)25-7-5-14-12-26(23-15(14)6-8-25)11-13-9-16(28-4)18-17(10-13)30-24-19(18)22/h9-10,12H,5-8,11H2,1-4H3,(H2,22,24). The van der Waals surface area contributed by atoms with Crippen molar-refractivity contribution < 1.29 is 18.8 Å². The minimum atomic E-state index is -0.497. The molecule has 3 heterocycles. The summed E-state index contributed by atoms with van der Waals surface area (Å²) in [5.41, 5.74) is 9.09. The van der Waals surface area contributed by atoms with E-state index >= 15 is 0 Å². The third-order valence-corrected chi connectivity index (χ3v) is 5.03. The van der Waals surface area contributed by atoms with Gasteiger partial charge in [0.05, 0.1) is 19.3 Å². The van der Waals surface area contributed by atoms with Crippen LogP contribution in [0.5, 0.6) is 5.75 Å². The highest BCUT2D eigenvalue weighted by Gasteiger charge is 2.25. The summed E-state index contributed by atoms with van der Waals surface area (Å²) in [6.07, 6.45) is 3.21. The molecule has 0 atom stereocenters. The largest absolute Gasteiger partial charge is 0.496 e. The second-order valence-electron chi connectivity index (χ2n) is 8.51. The number of ether oxygens (including phenoxy) is 2. The van der Waals surface area contributed by atoms with Crippen molar-refractivity contribution in [3.8, 4) is 5.75 Å². The summed E-state index contributed by atoms with van der Waals surface area (Å²) in [7, 11) is 1.59. The number of nitrogens with two attached hydrogens (primary N) is 1. The molecule has 0 unspecified atom stereocenters. The minimum Gasteiger partial charge on any atom is -0.496 e. The number of aromatic nitrogens is 3.